The standard InChI is InChI=1S/C32H34ClN3O5S/c1-4-41-24-13-11-23(12-14-24)34-17-5-15-31(3)25(28(34)38)26-29(39)36(20(2)19-37)27-30(40)35(18-6-16-32(26,27)42-31)22-9-7-21(33)8-10-22/h5-16,20,25-27,37H,4,17-19H2,1-3H3/t20-,25+,26+,27?,31-,32+/m1/s1. The minimum atomic E-state index is -1.000. The normalized spacial score (nSPS) is 31.0. The van der Waals surface area contributed by atoms with E-state index in [0.717, 1.165) is 0 Å². The van der Waals surface area contributed by atoms with Gasteiger partial charge in [0.25, 0.3) is 5.91 Å². The number of hydrogen-bond acceptors (Lipinski definition) is 6. The van der Waals surface area contributed by atoms with Gasteiger partial charge in [0.05, 0.1) is 35.8 Å². The van der Waals surface area contributed by atoms with Crippen LogP contribution in [-0.2, 0) is 14.4 Å². The number of hydrogen-bond donors (Lipinski definition) is 1. The van der Waals surface area contributed by atoms with E-state index < -0.39 is 33.4 Å². The van der Waals surface area contributed by atoms with E-state index >= 15 is 0 Å². The third-order valence-corrected chi connectivity index (χ3v) is 10.9. The van der Waals surface area contributed by atoms with E-state index in [1.165, 1.54) is 16.7 Å². The molecule has 1 spiro atoms. The van der Waals surface area contributed by atoms with Gasteiger partial charge in [0.2, 0.25) is 11.8 Å². The lowest BCUT2D eigenvalue weighted by Gasteiger charge is -2.38. The molecule has 4 aliphatic rings. The smallest absolute Gasteiger partial charge is 0.251 e. The van der Waals surface area contributed by atoms with Crippen molar-refractivity contribution < 1.29 is 24.2 Å². The monoisotopic (exact) mass is 607 g/mol. The molecule has 1 N–H and O–H groups in total. The van der Waals surface area contributed by atoms with Crippen molar-refractivity contribution in [3.05, 3.63) is 77.9 Å². The van der Waals surface area contributed by atoms with Crippen LogP contribution in [0, 0.1) is 11.8 Å². The fourth-order valence-electron chi connectivity index (χ4n) is 7.00. The van der Waals surface area contributed by atoms with E-state index in [0.29, 0.717) is 41.8 Å². The number of carbonyl (C=O) groups excluding carboxylic acids is 3. The van der Waals surface area contributed by atoms with Gasteiger partial charge < -0.3 is 24.5 Å². The number of ether oxygens (including phenoxy) is 1. The molecular formula is C32H34ClN3O5S. The number of anilines is 2. The van der Waals surface area contributed by atoms with Crippen LogP contribution in [0.5, 0.6) is 5.75 Å². The molecule has 1 unspecified atom stereocenters. The number of benzene rings is 2. The van der Waals surface area contributed by atoms with Gasteiger partial charge in [0.1, 0.15) is 11.8 Å². The Morgan fingerprint density at radius 2 is 1.52 bits per heavy atom. The number of likely N-dealkylation sites (tertiary alicyclic amines) is 1. The predicted octanol–water partition coefficient (Wildman–Crippen LogP) is 4.31. The molecule has 0 radical (unpaired) electrons. The van der Waals surface area contributed by atoms with Crippen molar-refractivity contribution in [2.45, 2.75) is 42.3 Å². The maximum Gasteiger partial charge on any atom is 0.251 e. The van der Waals surface area contributed by atoms with E-state index in [1.807, 2.05) is 62.4 Å². The Labute approximate surface area is 254 Å². The first-order valence-corrected chi connectivity index (χ1v) is 15.4. The molecule has 0 bridgehead atoms. The lowest BCUT2D eigenvalue weighted by atomic mass is 9.74. The zero-order valence-corrected chi connectivity index (χ0v) is 25.3. The third-order valence-electron chi connectivity index (χ3n) is 8.83. The minimum absolute atomic E-state index is 0.161. The number of rotatable bonds is 6. The van der Waals surface area contributed by atoms with E-state index in [4.69, 9.17) is 16.3 Å². The molecule has 4 heterocycles. The van der Waals surface area contributed by atoms with Crippen molar-refractivity contribution in [2.75, 3.05) is 36.1 Å². The summed E-state index contributed by atoms with van der Waals surface area (Å²) in [5, 5.41) is 10.8. The molecule has 0 aromatic heterocycles. The highest BCUT2D eigenvalue weighted by Crippen LogP contribution is 2.66. The molecule has 0 aliphatic carbocycles. The Morgan fingerprint density at radius 1 is 0.929 bits per heavy atom. The number of aliphatic hydroxyl groups excluding tert-OH is 1. The predicted molar refractivity (Wildman–Crippen MR) is 165 cm³/mol. The van der Waals surface area contributed by atoms with Crippen LogP contribution in [-0.4, -0.2) is 75.6 Å². The summed E-state index contributed by atoms with van der Waals surface area (Å²) in [5.41, 5.74) is 1.38. The number of aliphatic hydroxyl groups is 1. The molecule has 2 aromatic carbocycles. The zero-order valence-electron chi connectivity index (χ0n) is 23.8. The zero-order chi connectivity index (χ0) is 29.8. The Morgan fingerprint density at radius 3 is 2.14 bits per heavy atom. The van der Waals surface area contributed by atoms with Crippen LogP contribution in [0.3, 0.4) is 0 Å². The number of nitrogens with zero attached hydrogens (tertiary/aromatic N) is 3. The Balaban J connectivity index is 1.44. The van der Waals surface area contributed by atoms with Gasteiger partial charge in [0, 0.05) is 34.2 Å². The van der Waals surface area contributed by atoms with Crippen LogP contribution < -0.4 is 14.5 Å². The van der Waals surface area contributed by atoms with E-state index in [2.05, 4.69) is 0 Å². The second-order valence-corrected chi connectivity index (χ2v) is 13.6. The van der Waals surface area contributed by atoms with Gasteiger partial charge in [-0.3, -0.25) is 14.4 Å². The van der Waals surface area contributed by atoms with Crippen LogP contribution in [0.15, 0.2) is 72.8 Å². The average molecular weight is 608 g/mol. The molecule has 2 aromatic rings. The van der Waals surface area contributed by atoms with Gasteiger partial charge >= 0.3 is 0 Å². The molecule has 8 nitrogen and oxygen atoms in total. The first kappa shape index (κ1) is 28.8. The Bertz CT molecular complexity index is 1460. The topological polar surface area (TPSA) is 90.4 Å². The molecule has 3 amide bonds. The molecule has 0 saturated carbocycles. The third kappa shape index (κ3) is 4.36. The van der Waals surface area contributed by atoms with Crippen LogP contribution in [0.1, 0.15) is 20.8 Å². The summed E-state index contributed by atoms with van der Waals surface area (Å²) < 4.78 is 3.85. The first-order valence-electron chi connectivity index (χ1n) is 14.2. The molecule has 2 fully saturated rings. The van der Waals surface area contributed by atoms with Gasteiger partial charge in [0.15, 0.2) is 0 Å². The summed E-state index contributed by atoms with van der Waals surface area (Å²) in [7, 11) is 0. The summed E-state index contributed by atoms with van der Waals surface area (Å²) in [5.74, 6) is -1.49. The Kier molecular flexibility index (Phi) is 7.40. The fraction of sp³-hybridized carbons (Fsp3) is 0.406. The summed E-state index contributed by atoms with van der Waals surface area (Å²) >= 11 is 7.64. The summed E-state index contributed by atoms with van der Waals surface area (Å²) in [4.78, 5) is 48.4. The van der Waals surface area contributed by atoms with Crippen LogP contribution in [0.2, 0.25) is 5.02 Å². The molecule has 4 aliphatic heterocycles. The second kappa shape index (κ2) is 10.8. The first-order chi connectivity index (χ1) is 20.1. The van der Waals surface area contributed by atoms with E-state index in [1.54, 1.807) is 41.0 Å². The average Bonchev–Trinajstić information content (AvgIpc) is 3.25. The SMILES string of the molecule is CCOc1ccc(N2CC=C[C@@]3(C)S[C@]45C=CCN(c6ccc(Cl)cc6)C(=O)C4N([C@H](C)CO)C(=O)[C@@H]5[C@H]3C2=O)cc1. The molecule has 220 valence electrons. The highest BCUT2D eigenvalue weighted by molar-refractivity contribution is 8.02. The number of halogens is 1. The van der Waals surface area contributed by atoms with Gasteiger partial charge in [-0.1, -0.05) is 35.9 Å². The molecule has 6 atom stereocenters. The van der Waals surface area contributed by atoms with Crippen LogP contribution >= 0.6 is 23.4 Å². The highest BCUT2D eigenvalue weighted by Gasteiger charge is 2.74. The van der Waals surface area contributed by atoms with Crippen molar-refractivity contribution >= 4 is 52.5 Å². The summed E-state index contributed by atoms with van der Waals surface area (Å²) in [6.07, 6.45) is 7.92. The second-order valence-electron chi connectivity index (χ2n) is 11.4. The Hall–Kier alpha value is -3.27. The number of thioether (sulfide) groups is 1. The van der Waals surface area contributed by atoms with Gasteiger partial charge in [-0.05, 0) is 69.3 Å². The van der Waals surface area contributed by atoms with Gasteiger partial charge in [-0.25, -0.2) is 0 Å². The fourth-order valence-corrected chi connectivity index (χ4v) is 9.27. The van der Waals surface area contributed by atoms with Crippen molar-refractivity contribution in [3.63, 3.8) is 0 Å². The lowest BCUT2D eigenvalue weighted by molar-refractivity contribution is -0.141. The molecule has 6 rings (SSSR count). The number of carbonyl (C=O) groups is 3. The van der Waals surface area contributed by atoms with Crippen molar-refractivity contribution in [2.24, 2.45) is 11.8 Å². The number of amides is 3. The summed E-state index contributed by atoms with van der Waals surface area (Å²) in [6.45, 7) is 6.57. The van der Waals surface area contributed by atoms with Crippen molar-refractivity contribution in [3.8, 4) is 5.75 Å². The number of fused-ring (bicyclic) bond motifs is 2. The maximum atomic E-state index is 14.5. The van der Waals surface area contributed by atoms with Gasteiger partial charge in [-0.15, -0.1) is 11.8 Å². The maximum absolute atomic E-state index is 14.5. The van der Waals surface area contributed by atoms with E-state index in [9.17, 15) is 19.5 Å². The van der Waals surface area contributed by atoms with Crippen LogP contribution in [0.25, 0.3) is 0 Å². The molecule has 42 heavy (non-hydrogen) atoms. The molecule has 2 saturated heterocycles. The quantitative estimate of drug-likeness (QED) is 0.492. The summed E-state index contributed by atoms with van der Waals surface area (Å²) in [6, 6.07) is 12.9. The highest BCUT2D eigenvalue weighted by atomic mass is 35.5. The molecular weight excluding hydrogens is 574 g/mol. The van der Waals surface area contributed by atoms with Crippen LogP contribution in [0.4, 0.5) is 11.4 Å². The van der Waals surface area contributed by atoms with Crippen molar-refractivity contribution in [1.29, 1.82) is 0 Å². The van der Waals surface area contributed by atoms with Crippen molar-refractivity contribution in [1.82, 2.24) is 4.90 Å². The minimum Gasteiger partial charge on any atom is -0.494 e. The lowest BCUT2D eigenvalue weighted by Crippen LogP contribution is -2.56. The molecule has 10 heteroatoms. The largest absolute Gasteiger partial charge is 0.494 e. The van der Waals surface area contributed by atoms with E-state index in [-0.39, 0.29) is 24.3 Å². The van der Waals surface area contributed by atoms with Gasteiger partial charge in [-0.2, -0.15) is 0 Å².